The van der Waals surface area contributed by atoms with Crippen molar-refractivity contribution < 1.29 is 9.84 Å². The number of aromatic nitrogens is 3. The van der Waals surface area contributed by atoms with E-state index < -0.39 is 0 Å². The minimum Gasteiger partial charge on any atom is -0.481 e. The molecule has 3 rings (SSSR count). The van der Waals surface area contributed by atoms with E-state index in [0.717, 1.165) is 36.7 Å². The lowest BCUT2D eigenvalue weighted by molar-refractivity contribution is 0.266. The quantitative estimate of drug-likeness (QED) is 0.835. The molecule has 2 aromatic heterocycles. The third kappa shape index (κ3) is 3.68. The first-order valence-corrected chi connectivity index (χ1v) is 7.73. The van der Waals surface area contributed by atoms with Crippen LogP contribution in [-0.2, 0) is 6.54 Å². The largest absolute Gasteiger partial charge is 0.481 e. The van der Waals surface area contributed by atoms with Crippen LogP contribution < -0.4 is 15.0 Å². The van der Waals surface area contributed by atoms with E-state index in [1.807, 2.05) is 24.3 Å². The van der Waals surface area contributed by atoms with Crippen LogP contribution in [0, 0.1) is 0 Å². The van der Waals surface area contributed by atoms with Crippen molar-refractivity contribution in [3.05, 3.63) is 36.3 Å². The van der Waals surface area contributed by atoms with E-state index in [2.05, 4.69) is 25.2 Å². The Morgan fingerprint density at radius 1 is 1.39 bits per heavy atom. The van der Waals surface area contributed by atoms with Crippen molar-refractivity contribution in [2.24, 2.45) is 0 Å². The molecule has 7 nitrogen and oxygen atoms in total. The number of aliphatic hydroxyl groups is 1. The fraction of sp³-hybridized carbons (Fsp3) is 0.438. The van der Waals surface area contributed by atoms with E-state index in [4.69, 9.17) is 4.74 Å². The van der Waals surface area contributed by atoms with Crippen molar-refractivity contribution in [1.82, 2.24) is 15.0 Å². The smallest absolute Gasteiger partial charge is 0.213 e. The molecule has 3 heterocycles. The van der Waals surface area contributed by atoms with Gasteiger partial charge in [-0.25, -0.2) is 15.0 Å². The molecule has 0 saturated carbocycles. The summed E-state index contributed by atoms with van der Waals surface area (Å²) in [6.45, 7) is 1.62. The molecular weight excluding hydrogens is 294 g/mol. The molecule has 1 saturated heterocycles. The van der Waals surface area contributed by atoms with E-state index in [9.17, 15) is 5.11 Å². The minimum atomic E-state index is 0.151. The summed E-state index contributed by atoms with van der Waals surface area (Å²) in [5.74, 6) is 2.18. The van der Waals surface area contributed by atoms with Crippen LogP contribution >= 0.6 is 0 Å². The van der Waals surface area contributed by atoms with Crippen LogP contribution in [0.1, 0.15) is 18.5 Å². The van der Waals surface area contributed by atoms with Gasteiger partial charge in [0, 0.05) is 18.7 Å². The summed E-state index contributed by atoms with van der Waals surface area (Å²) in [5, 5.41) is 12.7. The predicted octanol–water partition coefficient (Wildman–Crippen LogP) is 1.45. The van der Waals surface area contributed by atoms with Crippen molar-refractivity contribution in [1.29, 1.82) is 0 Å². The average molecular weight is 315 g/mol. The minimum absolute atomic E-state index is 0.151. The van der Waals surface area contributed by atoms with E-state index in [1.165, 1.54) is 0 Å². The van der Waals surface area contributed by atoms with Crippen LogP contribution in [0.3, 0.4) is 0 Å². The first-order chi connectivity index (χ1) is 11.3. The Bertz CT molecular complexity index is 652. The van der Waals surface area contributed by atoms with E-state index in [0.29, 0.717) is 12.4 Å². The highest BCUT2D eigenvalue weighted by molar-refractivity contribution is 5.50. The van der Waals surface area contributed by atoms with Gasteiger partial charge in [0.25, 0.3) is 0 Å². The first kappa shape index (κ1) is 15.5. The highest BCUT2D eigenvalue weighted by Gasteiger charge is 2.25. The second kappa shape index (κ2) is 7.23. The maximum Gasteiger partial charge on any atom is 0.213 e. The Labute approximate surface area is 135 Å². The van der Waals surface area contributed by atoms with Gasteiger partial charge in [-0.05, 0) is 18.9 Å². The molecule has 0 aliphatic carbocycles. The molecule has 2 N–H and O–H groups in total. The predicted molar refractivity (Wildman–Crippen MR) is 87.6 cm³/mol. The van der Waals surface area contributed by atoms with Gasteiger partial charge in [0.05, 0.1) is 32.0 Å². The van der Waals surface area contributed by atoms with Crippen molar-refractivity contribution in [2.75, 3.05) is 30.5 Å². The van der Waals surface area contributed by atoms with Gasteiger partial charge in [-0.1, -0.05) is 6.07 Å². The second-order valence-electron chi connectivity index (χ2n) is 5.46. The molecule has 1 aliphatic heterocycles. The number of rotatable bonds is 6. The summed E-state index contributed by atoms with van der Waals surface area (Å²) in [6.07, 6.45) is 3.62. The molecule has 7 heteroatoms. The van der Waals surface area contributed by atoms with E-state index in [-0.39, 0.29) is 12.6 Å². The van der Waals surface area contributed by atoms with E-state index in [1.54, 1.807) is 13.4 Å². The highest BCUT2D eigenvalue weighted by Crippen LogP contribution is 2.24. The van der Waals surface area contributed by atoms with Gasteiger partial charge in [-0.15, -0.1) is 0 Å². The lowest BCUT2D eigenvalue weighted by Gasteiger charge is -2.24. The standard InChI is InChI=1S/C16H21N5O2/c1-23-16-6-2-4-12(20-16)9-17-14-8-15(19-11-18-14)21-7-3-5-13(21)10-22/h2,4,6,8,11,13,22H,3,5,7,9-10H2,1H3,(H,17,18,19)/t13-/m1/s1. The molecule has 1 atom stereocenters. The van der Waals surface area contributed by atoms with Crippen LogP contribution in [0.5, 0.6) is 5.88 Å². The Kier molecular flexibility index (Phi) is 4.87. The summed E-state index contributed by atoms with van der Waals surface area (Å²) in [6, 6.07) is 7.71. The summed E-state index contributed by atoms with van der Waals surface area (Å²) in [4.78, 5) is 15.1. The van der Waals surface area contributed by atoms with Crippen LogP contribution in [0.15, 0.2) is 30.6 Å². The zero-order valence-electron chi connectivity index (χ0n) is 13.1. The highest BCUT2D eigenvalue weighted by atomic mass is 16.5. The summed E-state index contributed by atoms with van der Waals surface area (Å²) >= 11 is 0. The number of ether oxygens (including phenoxy) is 1. The van der Waals surface area contributed by atoms with Crippen LogP contribution in [0.25, 0.3) is 0 Å². The molecule has 23 heavy (non-hydrogen) atoms. The summed E-state index contributed by atoms with van der Waals surface area (Å²) in [5.41, 5.74) is 0.874. The SMILES string of the molecule is COc1cccc(CNc2cc(N3CCC[C@@H]3CO)ncn2)n1. The Morgan fingerprint density at radius 3 is 3.13 bits per heavy atom. The van der Waals surface area contributed by atoms with Gasteiger partial charge in [0.1, 0.15) is 18.0 Å². The Balaban J connectivity index is 1.67. The van der Waals surface area contributed by atoms with Crippen LogP contribution in [0.2, 0.25) is 0 Å². The number of nitrogens with zero attached hydrogens (tertiary/aromatic N) is 4. The van der Waals surface area contributed by atoms with Gasteiger partial charge < -0.3 is 20.1 Å². The van der Waals surface area contributed by atoms with Crippen molar-refractivity contribution in [3.8, 4) is 5.88 Å². The average Bonchev–Trinajstić information content (AvgIpc) is 3.09. The molecule has 1 aliphatic rings. The van der Waals surface area contributed by atoms with Crippen LogP contribution in [-0.4, -0.2) is 46.4 Å². The fourth-order valence-corrected chi connectivity index (χ4v) is 2.78. The number of hydrogen-bond acceptors (Lipinski definition) is 7. The van der Waals surface area contributed by atoms with Gasteiger partial charge in [0.15, 0.2) is 0 Å². The fourth-order valence-electron chi connectivity index (χ4n) is 2.78. The number of aliphatic hydroxyl groups excluding tert-OH is 1. The maximum atomic E-state index is 9.45. The number of anilines is 2. The van der Waals surface area contributed by atoms with Gasteiger partial charge in [0.2, 0.25) is 5.88 Å². The molecular formula is C16H21N5O2. The topological polar surface area (TPSA) is 83.4 Å². The molecule has 0 amide bonds. The molecule has 1 fully saturated rings. The number of methoxy groups -OCH3 is 1. The van der Waals surface area contributed by atoms with E-state index >= 15 is 0 Å². The zero-order valence-corrected chi connectivity index (χ0v) is 13.1. The van der Waals surface area contributed by atoms with Gasteiger partial charge in [-0.3, -0.25) is 0 Å². The lowest BCUT2D eigenvalue weighted by atomic mass is 10.2. The van der Waals surface area contributed by atoms with Gasteiger partial charge >= 0.3 is 0 Å². The molecule has 0 radical (unpaired) electrons. The van der Waals surface area contributed by atoms with Crippen LogP contribution in [0.4, 0.5) is 11.6 Å². The number of hydrogen-bond donors (Lipinski definition) is 2. The Morgan fingerprint density at radius 2 is 2.30 bits per heavy atom. The maximum absolute atomic E-state index is 9.45. The number of pyridine rings is 1. The monoisotopic (exact) mass is 315 g/mol. The molecule has 0 spiro atoms. The normalized spacial score (nSPS) is 17.3. The first-order valence-electron chi connectivity index (χ1n) is 7.73. The molecule has 2 aromatic rings. The van der Waals surface area contributed by atoms with Crippen molar-refractivity contribution in [2.45, 2.75) is 25.4 Å². The molecule has 122 valence electrons. The van der Waals surface area contributed by atoms with Crippen molar-refractivity contribution >= 4 is 11.6 Å². The molecule has 0 aromatic carbocycles. The third-order valence-corrected chi connectivity index (χ3v) is 3.98. The number of nitrogens with one attached hydrogen (secondary N) is 1. The lowest BCUT2D eigenvalue weighted by Crippen LogP contribution is -2.32. The second-order valence-corrected chi connectivity index (χ2v) is 5.46. The Hall–Kier alpha value is -2.41. The van der Waals surface area contributed by atoms with Crippen molar-refractivity contribution in [3.63, 3.8) is 0 Å². The molecule has 0 bridgehead atoms. The summed E-state index contributed by atoms with van der Waals surface area (Å²) < 4.78 is 5.12. The van der Waals surface area contributed by atoms with Gasteiger partial charge in [-0.2, -0.15) is 0 Å². The third-order valence-electron chi connectivity index (χ3n) is 3.98. The zero-order chi connectivity index (χ0) is 16.1. The summed E-state index contributed by atoms with van der Waals surface area (Å²) in [7, 11) is 1.60. The molecule has 0 unspecified atom stereocenters.